The molecule has 1 aromatic heterocycles. The molecule has 1 aromatic carbocycles. The number of ether oxygens (including phenoxy) is 2. The Balaban J connectivity index is 2.47. The van der Waals surface area contributed by atoms with Gasteiger partial charge in [0.25, 0.3) is 0 Å². The monoisotopic (exact) mass is 302 g/mol. The summed E-state index contributed by atoms with van der Waals surface area (Å²) >= 11 is 5.11. The fraction of sp³-hybridized carbons (Fsp3) is 0.250. The van der Waals surface area contributed by atoms with Crippen LogP contribution in [-0.2, 0) is 0 Å². The first-order valence-electron chi connectivity index (χ1n) is 6.70. The average Bonchev–Trinajstić information content (AvgIpc) is 2.40. The van der Waals surface area contributed by atoms with E-state index in [1.807, 2.05) is 51.1 Å². The molecule has 1 heterocycles. The lowest BCUT2D eigenvalue weighted by atomic mass is 10.1. The molecule has 0 radical (unpaired) electrons. The molecule has 0 spiro atoms. The molecule has 0 fully saturated rings. The van der Waals surface area contributed by atoms with Crippen molar-refractivity contribution < 1.29 is 9.47 Å². The topological polar surface area (TPSA) is 57.4 Å². The van der Waals surface area contributed by atoms with Gasteiger partial charge < -0.3 is 15.2 Å². The molecule has 0 saturated carbocycles. The molecule has 0 unspecified atom stereocenters. The van der Waals surface area contributed by atoms with Gasteiger partial charge in [-0.25, -0.2) is 0 Å². The van der Waals surface area contributed by atoms with Gasteiger partial charge in [0.2, 0.25) is 0 Å². The van der Waals surface area contributed by atoms with E-state index in [4.69, 9.17) is 27.4 Å². The zero-order chi connectivity index (χ0) is 15.4. The number of nitrogens with zero attached hydrogens (tertiary/aromatic N) is 1. The highest BCUT2D eigenvalue weighted by Crippen LogP contribution is 2.34. The number of pyridine rings is 1. The van der Waals surface area contributed by atoms with Crippen LogP contribution in [0.3, 0.4) is 0 Å². The third-order valence-electron chi connectivity index (χ3n) is 2.91. The quantitative estimate of drug-likeness (QED) is 0.856. The number of rotatable bonds is 5. The number of aromatic nitrogens is 1. The zero-order valence-corrected chi connectivity index (χ0v) is 13.2. The highest BCUT2D eigenvalue weighted by Gasteiger charge is 2.15. The Morgan fingerprint density at radius 1 is 1.19 bits per heavy atom. The van der Waals surface area contributed by atoms with E-state index >= 15 is 0 Å². The van der Waals surface area contributed by atoms with Crippen molar-refractivity contribution in [2.75, 3.05) is 6.61 Å². The fourth-order valence-electron chi connectivity index (χ4n) is 2.10. The van der Waals surface area contributed by atoms with Crippen LogP contribution >= 0.6 is 12.2 Å². The summed E-state index contributed by atoms with van der Waals surface area (Å²) < 4.78 is 11.5. The van der Waals surface area contributed by atoms with Crippen molar-refractivity contribution in [3.63, 3.8) is 0 Å². The summed E-state index contributed by atoms with van der Waals surface area (Å²) in [5.74, 6) is 1.91. The van der Waals surface area contributed by atoms with Crippen LogP contribution in [0.25, 0.3) is 0 Å². The number of aryl methyl sites for hydroxylation is 2. The van der Waals surface area contributed by atoms with Gasteiger partial charge in [0, 0.05) is 11.8 Å². The summed E-state index contributed by atoms with van der Waals surface area (Å²) in [6.07, 6.45) is 0. The van der Waals surface area contributed by atoms with E-state index in [0.717, 1.165) is 11.4 Å². The third kappa shape index (κ3) is 3.49. The molecule has 0 aliphatic rings. The van der Waals surface area contributed by atoms with Crippen LogP contribution in [0, 0.1) is 13.8 Å². The van der Waals surface area contributed by atoms with Gasteiger partial charge in [-0.3, -0.25) is 4.98 Å². The van der Waals surface area contributed by atoms with Gasteiger partial charge >= 0.3 is 0 Å². The summed E-state index contributed by atoms with van der Waals surface area (Å²) in [6, 6.07) is 9.32. The van der Waals surface area contributed by atoms with Crippen LogP contribution in [0.1, 0.15) is 23.9 Å². The molecule has 0 saturated heterocycles. The molecule has 110 valence electrons. The Morgan fingerprint density at radius 2 is 1.86 bits per heavy atom. The van der Waals surface area contributed by atoms with Crippen molar-refractivity contribution in [3.8, 4) is 17.2 Å². The first kappa shape index (κ1) is 15.3. The van der Waals surface area contributed by atoms with Gasteiger partial charge in [-0.2, -0.15) is 0 Å². The van der Waals surface area contributed by atoms with Crippen LogP contribution in [0.4, 0.5) is 0 Å². The standard InChI is InChI=1S/C16H18N2O2S/c1-4-19-12-7-5-6-8-13(12)20-14-9-10(2)18-11(3)15(14)16(17)21/h5-9H,4H2,1-3H3,(H2,17,21). The lowest BCUT2D eigenvalue weighted by Crippen LogP contribution is -2.14. The van der Waals surface area contributed by atoms with E-state index in [1.54, 1.807) is 0 Å². The average molecular weight is 302 g/mol. The number of hydrogen-bond donors (Lipinski definition) is 1. The van der Waals surface area contributed by atoms with Gasteiger partial charge in [-0.1, -0.05) is 24.4 Å². The third-order valence-corrected chi connectivity index (χ3v) is 3.11. The van der Waals surface area contributed by atoms with Crippen molar-refractivity contribution in [3.05, 3.63) is 47.3 Å². The minimum absolute atomic E-state index is 0.267. The Kier molecular flexibility index (Phi) is 4.75. The van der Waals surface area contributed by atoms with Gasteiger partial charge in [-0.05, 0) is 32.9 Å². The highest BCUT2D eigenvalue weighted by atomic mass is 32.1. The van der Waals surface area contributed by atoms with E-state index < -0.39 is 0 Å². The number of nitrogens with two attached hydrogens (primary N) is 1. The second-order valence-corrected chi connectivity index (χ2v) is 5.01. The Labute approximate surface area is 129 Å². The Bertz CT molecular complexity index is 671. The summed E-state index contributed by atoms with van der Waals surface area (Å²) in [5.41, 5.74) is 8.05. The van der Waals surface area contributed by atoms with E-state index in [1.165, 1.54) is 0 Å². The van der Waals surface area contributed by atoms with Gasteiger partial charge in [0.05, 0.1) is 17.9 Å². The number of benzene rings is 1. The van der Waals surface area contributed by atoms with Crippen LogP contribution < -0.4 is 15.2 Å². The maximum atomic E-state index is 5.98. The summed E-state index contributed by atoms with van der Waals surface area (Å²) in [6.45, 7) is 6.26. The molecule has 5 heteroatoms. The van der Waals surface area contributed by atoms with Crippen LogP contribution in [0.5, 0.6) is 17.2 Å². The zero-order valence-electron chi connectivity index (χ0n) is 12.3. The molecular weight excluding hydrogens is 284 g/mol. The second-order valence-electron chi connectivity index (χ2n) is 4.57. The van der Waals surface area contributed by atoms with E-state index in [2.05, 4.69) is 4.98 Å². The van der Waals surface area contributed by atoms with Gasteiger partial charge in [0.1, 0.15) is 10.7 Å². The molecule has 0 bridgehead atoms. The van der Waals surface area contributed by atoms with Crippen molar-refractivity contribution in [1.82, 2.24) is 4.98 Å². The molecule has 0 aliphatic carbocycles. The predicted molar refractivity (Wildman–Crippen MR) is 87.3 cm³/mol. The van der Waals surface area contributed by atoms with E-state index in [-0.39, 0.29) is 4.99 Å². The number of thiocarbonyl (C=S) groups is 1. The fourth-order valence-corrected chi connectivity index (χ4v) is 2.35. The maximum Gasteiger partial charge on any atom is 0.169 e. The first-order chi connectivity index (χ1) is 10.0. The van der Waals surface area contributed by atoms with E-state index in [0.29, 0.717) is 29.4 Å². The predicted octanol–water partition coefficient (Wildman–Crippen LogP) is 3.52. The Morgan fingerprint density at radius 3 is 2.48 bits per heavy atom. The molecule has 0 atom stereocenters. The number of hydrogen-bond acceptors (Lipinski definition) is 4. The maximum absolute atomic E-state index is 5.98. The Hall–Kier alpha value is -2.14. The van der Waals surface area contributed by atoms with Crippen LogP contribution in [0.2, 0.25) is 0 Å². The normalized spacial score (nSPS) is 10.2. The largest absolute Gasteiger partial charge is 0.490 e. The molecule has 4 nitrogen and oxygen atoms in total. The van der Waals surface area contributed by atoms with E-state index in [9.17, 15) is 0 Å². The van der Waals surface area contributed by atoms with Crippen LogP contribution in [-0.4, -0.2) is 16.6 Å². The minimum Gasteiger partial charge on any atom is -0.490 e. The molecule has 2 aromatic rings. The van der Waals surface area contributed by atoms with Crippen LogP contribution in [0.15, 0.2) is 30.3 Å². The van der Waals surface area contributed by atoms with Crippen molar-refractivity contribution in [2.45, 2.75) is 20.8 Å². The smallest absolute Gasteiger partial charge is 0.169 e. The summed E-state index contributed by atoms with van der Waals surface area (Å²) in [4.78, 5) is 4.64. The van der Waals surface area contributed by atoms with Crippen molar-refractivity contribution in [1.29, 1.82) is 0 Å². The summed E-state index contributed by atoms with van der Waals surface area (Å²) in [7, 11) is 0. The van der Waals surface area contributed by atoms with Gasteiger partial charge in [0.15, 0.2) is 11.5 Å². The lowest BCUT2D eigenvalue weighted by Gasteiger charge is -2.15. The highest BCUT2D eigenvalue weighted by molar-refractivity contribution is 7.80. The molecule has 0 amide bonds. The summed E-state index contributed by atoms with van der Waals surface area (Å²) in [5, 5.41) is 0. The SMILES string of the molecule is CCOc1ccccc1Oc1cc(C)nc(C)c1C(N)=S. The first-order valence-corrected chi connectivity index (χ1v) is 7.11. The molecular formula is C16H18N2O2S. The second kappa shape index (κ2) is 6.54. The molecule has 2 N–H and O–H groups in total. The molecule has 2 rings (SSSR count). The van der Waals surface area contributed by atoms with Crippen molar-refractivity contribution in [2.24, 2.45) is 5.73 Å². The van der Waals surface area contributed by atoms with Crippen molar-refractivity contribution >= 4 is 17.2 Å². The van der Waals surface area contributed by atoms with Gasteiger partial charge in [-0.15, -0.1) is 0 Å². The molecule has 0 aliphatic heterocycles. The molecule has 21 heavy (non-hydrogen) atoms. The minimum atomic E-state index is 0.267. The number of para-hydroxylation sites is 2. The lowest BCUT2D eigenvalue weighted by molar-refractivity contribution is 0.321.